The van der Waals surface area contributed by atoms with Crippen molar-refractivity contribution >= 4 is 5.97 Å². The molecule has 12 heavy (non-hydrogen) atoms. The minimum Gasteiger partial charge on any atom is -0.466 e. The van der Waals surface area contributed by atoms with Gasteiger partial charge in [0.2, 0.25) is 0 Å². The number of carbonyl (C=O) groups is 1. The molecule has 0 atom stereocenters. The summed E-state index contributed by atoms with van der Waals surface area (Å²) in [5.41, 5.74) is 4.61. The molecule has 6 nitrogen and oxygen atoms in total. The van der Waals surface area contributed by atoms with Gasteiger partial charge in [0.05, 0.1) is 11.9 Å². The molecule has 70 valence electrons. The number of hydrogen-bond donors (Lipinski definition) is 2. The van der Waals surface area contributed by atoms with E-state index in [0.717, 1.165) is 12.8 Å². The molecule has 0 aromatic heterocycles. The molecule has 0 saturated carbocycles. The minimum atomic E-state index is -0.268. The summed E-state index contributed by atoms with van der Waals surface area (Å²) in [5.74, 6) is -0.268. The Bertz CT molecular complexity index is 140. The van der Waals surface area contributed by atoms with Crippen LogP contribution in [-0.2, 0) is 9.53 Å². The highest BCUT2D eigenvalue weighted by molar-refractivity contribution is 5.65. The Labute approximate surface area is 70.6 Å². The lowest BCUT2D eigenvalue weighted by Gasteiger charge is -2.01. The Hall–Kier alpha value is -1.17. The molecular weight excluding hydrogens is 162 g/mol. The topological polar surface area (TPSA) is 79.8 Å². The first-order chi connectivity index (χ1) is 5.77. The monoisotopic (exact) mass is 175 g/mol. The van der Waals surface area contributed by atoms with Crippen LogP contribution in [0.2, 0.25) is 0 Å². The number of rotatable bonds is 7. The number of nitroso groups, excluding NO2 is 1. The van der Waals surface area contributed by atoms with E-state index >= 15 is 0 Å². The van der Waals surface area contributed by atoms with Crippen molar-refractivity contribution in [1.29, 1.82) is 0 Å². The van der Waals surface area contributed by atoms with Crippen LogP contribution in [0.5, 0.6) is 0 Å². The van der Waals surface area contributed by atoms with Crippen LogP contribution in [-0.4, -0.2) is 19.1 Å². The van der Waals surface area contributed by atoms with E-state index in [1.165, 1.54) is 6.92 Å². The predicted molar refractivity (Wildman–Crippen MR) is 42.8 cm³/mol. The molecule has 0 saturated heterocycles. The predicted octanol–water partition coefficient (Wildman–Crippen LogP) is 0.105. The third kappa shape index (κ3) is 8.83. The van der Waals surface area contributed by atoms with Crippen LogP contribution < -0.4 is 11.0 Å². The molecule has 0 unspecified atom stereocenters. The van der Waals surface area contributed by atoms with Crippen LogP contribution in [0.25, 0.3) is 0 Å². The molecule has 0 aliphatic rings. The van der Waals surface area contributed by atoms with Crippen LogP contribution in [0.1, 0.15) is 19.8 Å². The lowest BCUT2D eigenvalue weighted by Crippen LogP contribution is -2.27. The average Bonchev–Trinajstić information content (AvgIpc) is 2.02. The van der Waals surface area contributed by atoms with Crippen LogP contribution in [0.15, 0.2) is 5.29 Å². The van der Waals surface area contributed by atoms with Crippen LogP contribution in [0, 0.1) is 4.91 Å². The highest BCUT2D eigenvalue weighted by Gasteiger charge is 1.91. The standard InChI is InChI=1S/C6H13N3O3/c1-6(10)12-5-3-2-4-7-8-9-11/h2-5H2,1H3,(H,7,9)(H,8,11). The first-order valence-corrected chi connectivity index (χ1v) is 3.71. The quantitative estimate of drug-likeness (QED) is 0.248. The van der Waals surface area contributed by atoms with Gasteiger partial charge in [0.1, 0.15) is 0 Å². The Morgan fingerprint density at radius 3 is 2.83 bits per heavy atom. The van der Waals surface area contributed by atoms with Gasteiger partial charge in [-0.05, 0) is 12.8 Å². The maximum absolute atomic E-state index is 10.3. The van der Waals surface area contributed by atoms with Crippen LogP contribution in [0.4, 0.5) is 0 Å². The van der Waals surface area contributed by atoms with Crippen molar-refractivity contribution in [3.05, 3.63) is 4.91 Å². The SMILES string of the molecule is CC(=O)OCCCCNNN=O. The molecule has 0 amide bonds. The van der Waals surface area contributed by atoms with Gasteiger partial charge in [0.25, 0.3) is 0 Å². The van der Waals surface area contributed by atoms with Crippen LogP contribution in [0.3, 0.4) is 0 Å². The van der Waals surface area contributed by atoms with E-state index in [1.54, 1.807) is 0 Å². The fraction of sp³-hybridized carbons (Fsp3) is 0.833. The summed E-state index contributed by atoms with van der Waals surface area (Å²) in [6, 6.07) is 0. The van der Waals surface area contributed by atoms with Crippen molar-refractivity contribution in [3.63, 3.8) is 0 Å². The highest BCUT2D eigenvalue weighted by atomic mass is 16.5. The lowest BCUT2D eigenvalue weighted by atomic mass is 10.3. The first-order valence-electron chi connectivity index (χ1n) is 3.71. The molecule has 0 rings (SSSR count). The van der Waals surface area contributed by atoms with E-state index in [2.05, 4.69) is 21.0 Å². The van der Waals surface area contributed by atoms with E-state index in [4.69, 9.17) is 0 Å². The van der Waals surface area contributed by atoms with Gasteiger partial charge in [-0.1, -0.05) is 0 Å². The van der Waals surface area contributed by atoms with E-state index in [9.17, 15) is 9.70 Å². The number of esters is 1. The van der Waals surface area contributed by atoms with Crippen molar-refractivity contribution < 1.29 is 9.53 Å². The molecular formula is C6H13N3O3. The molecule has 2 N–H and O–H groups in total. The Morgan fingerprint density at radius 2 is 2.25 bits per heavy atom. The number of hydrogen-bond acceptors (Lipinski definition) is 5. The van der Waals surface area contributed by atoms with E-state index in [0.29, 0.717) is 13.2 Å². The van der Waals surface area contributed by atoms with E-state index in [1.807, 2.05) is 0 Å². The maximum Gasteiger partial charge on any atom is 0.302 e. The summed E-state index contributed by atoms with van der Waals surface area (Å²) in [5, 5.41) is 2.39. The van der Waals surface area contributed by atoms with E-state index < -0.39 is 0 Å². The fourth-order valence-electron chi connectivity index (χ4n) is 0.620. The minimum absolute atomic E-state index is 0.268. The molecule has 0 bridgehead atoms. The smallest absolute Gasteiger partial charge is 0.302 e. The molecule has 0 fully saturated rings. The van der Waals surface area contributed by atoms with Gasteiger partial charge in [0, 0.05) is 13.5 Å². The van der Waals surface area contributed by atoms with Gasteiger partial charge in [-0.3, -0.25) is 4.79 Å². The molecule has 0 aromatic rings. The van der Waals surface area contributed by atoms with Crippen molar-refractivity contribution in [2.45, 2.75) is 19.8 Å². The van der Waals surface area contributed by atoms with E-state index in [-0.39, 0.29) is 5.97 Å². The summed E-state index contributed by atoms with van der Waals surface area (Å²) in [7, 11) is 0. The van der Waals surface area contributed by atoms with Crippen molar-refractivity contribution in [2.24, 2.45) is 5.29 Å². The fourth-order valence-corrected chi connectivity index (χ4v) is 0.620. The second-order valence-electron chi connectivity index (χ2n) is 2.18. The van der Waals surface area contributed by atoms with Crippen LogP contribution >= 0.6 is 0 Å². The molecule has 0 aliphatic carbocycles. The molecule has 6 heteroatoms. The number of nitrogens with one attached hydrogen (secondary N) is 2. The zero-order valence-corrected chi connectivity index (χ0v) is 7.00. The molecule has 0 heterocycles. The summed E-state index contributed by atoms with van der Waals surface area (Å²) < 4.78 is 4.68. The van der Waals surface area contributed by atoms with Gasteiger partial charge >= 0.3 is 5.97 Å². The van der Waals surface area contributed by atoms with Crippen molar-refractivity contribution in [1.82, 2.24) is 11.0 Å². The Balaban J connectivity index is 2.90. The molecule has 0 aliphatic heterocycles. The Kier molecular flexibility index (Phi) is 7.16. The second kappa shape index (κ2) is 7.93. The summed E-state index contributed by atoms with van der Waals surface area (Å²) in [6.07, 6.45) is 1.59. The van der Waals surface area contributed by atoms with Gasteiger partial charge in [-0.15, -0.1) is 4.91 Å². The molecule has 0 radical (unpaired) electrons. The highest BCUT2D eigenvalue weighted by Crippen LogP contribution is 1.88. The maximum atomic E-state index is 10.3. The van der Waals surface area contributed by atoms with Gasteiger partial charge < -0.3 is 4.74 Å². The number of carbonyl (C=O) groups excluding carboxylic acids is 1. The zero-order chi connectivity index (χ0) is 9.23. The number of nitrogens with zero attached hydrogens (tertiary/aromatic N) is 1. The normalized spacial score (nSPS) is 9.08. The Morgan fingerprint density at radius 1 is 1.50 bits per heavy atom. The number of ether oxygens (including phenoxy) is 1. The lowest BCUT2D eigenvalue weighted by molar-refractivity contribution is -0.141. The largest absolute Gasteiger partial charge is 0.466 e. The van der Waals surface area contributed by atoms with Gasteiger partial charge in [-0.25, -0.2) is 11.0 Å². The molecule has 0 spiro atoms. The number of hydrazine groups is 1. The van der Waals surface area contributed by atoms with Crippen molar-refractivity contribution in [2.75, 3.05) is 13.2 Å². The average molecular weight is 175 g/mol. The van der Waals surface area contributed by atoms with Gasteiger partial charge in [0.15, 0.2) is 0 Å². The third-order valence-corrected chi connectivity index (χ3v) is 1.13. The second-order valence-corrected chi connectivity index (χ2v) is 2.18. The number of unbranched alkanes of at least 4 members (excludes halogenated alkanes) is 1. The summed E-state index contributed by atoms with van der Waals surface area (Å²) in [6.45, 7) is 2.41. The molecule has 0 aromatic carbocycles. The van der Waals surface area contributed by atoms with Crippen molar-refractivity contribution in [3.8, 4) is 0 Å². The zero-order valence-electron chi connectivity index (χ0n) is 7.00. The third-order valence-electron chi connectivity index (χ3n) is 1.13. The summed E-state index contributed by atoms with van der Waals surface area (Å²) >= 11 is 0. The van der Waals surface area contributed by atoms with Gasteiger partial charge in [-0.2, -0.15) is 0 Å². The summed E-state index contributed by atoms with van der Waals surface area (Å²) in [4.78, 5) is 19.8. The first kappa shape index (κ1) is 10.8.